The summed E-state index contributed by atoms with van der Waals surface area (Å²) in [5, 5.41) is 0. The van der Waals surface area contributed by atoms with Crippen LogP contribution in [0.25, 0.3) is 0 Å². The average Bonchev–Trinajstić information content (AvgIpc) is 2.69. The van der Waals surface area contributed by atoms with Crippen molar-refractivity contribution in [2.75, 3.05) is 33.0 Å². The van der Waals surface area contributed by atoms with E-state index in [9.17, 15) is 4.79 Å². The summed E-state index contributed by atoms with van der Waals surface area (Å²) < 4.78 is 10.6. The minimum atomic E-state index is -0.0280. The van der Waals surface area contributed by atoms with Crippen molar-refractivity contribution < 1.29 is 14.3 Å². The van der Waals surface area contributed by atoms with Crippen molar-refractivity contribution >= 4 is 11.6 Å². The standard InChI is InChI=1S/C20H25N3O3/c1-25-17-8-7-14(11-18(17)26-2)19(24)15-6-4-10-23(12-15)13-16-5-3-9-22-20(16)21/h3,5,7-9,11,15H,4,6,10,12-13H2,1-2H3,(H2,21,22)/t15-/m0/s1. The van der Waals surface area contributed by atoms with Gasteiger partial charge < -0.3 is 15.2 Å². The van der Waals surface area contributed by atoms with Gasteiger partial charge in [0.25, 0.3) is 0 Å². The van der Waals surface area contributed by atoms with Crippen LogP contribution in [0.4, 0.5) is 5.82 Å². The number of carbonyl (C=O) groups is 1. The summed E-state index contributed by atoms with van der Waals surface area (Å²) in [5.74, 6) is 1.88. The fourth-order valence-electron chi connectivity index (χ4n) is 3.46. The van der Waals surface area contributed by atoms with Crippen LogP contribution < -0.4 is 15.2 Å². The first-order valence-electron chi connectivity index (χ1n) is 8.80. The number of carbonyl (C=O) groups excluding carboxylic acids is 1. The molecule has 0 aliphatic carbocycles. The van der Waals surface area contributed by atoms with E-state index < -0.39 is 0 Å². The molecule has 138 valence electrons. The number of hydrogen-bond donors (Lipinski definition) is 1. The minimum absolute atomic E-state index is 0.0280. The predicted molar refractivity (Wildman–Crippen MR) is 101 cm³/mol. The molecule has 1 aliphatic rings. The number of ether oxygens (including phenoxy) is 2. The zero-order valence-electron chi connectivity index (χ0n) is 15.3. The van der Waals surface area contributed by atoms with Gasteiger partial charge in [-0.1, -0.05) is 6.07 Å². The summed E-state index contributed by atoms with van der Waals surface area (Å²) in [7, 11) is 3.16. The Hall–Kier alpha value is -2.60. The van der Waals surface area contributed by atoms with Crippen LogP contribution in [0.15, 0.2) is 36.5 Å². The molecule has 3 rings (SSSR count). The Morgan fingerprint density at radius 3 is 2.81 bits per heavy atom. The van der Waals surface area contributed by atoms with Gasteiger partial charge >= 0.3 is 0 Å². The number of piperidine rings is 1. The predicted octanol–water partition coefficient (Wildman–Crippen LogP) is 2.78. The van der Waals surface area contributed by atoms with E-state index in [2.05, 4.69) is 9.88 Å². The van der Waals surface area contributed by atoms with Gasteiger partial charge in [-0.3, -0.25) is 9.69 Å². The molecular weight excluding hydrogens is 330 g/mol. The summed E-state index contributed by atoms with van der Waals surface area (Å²) in [5.41, 5.74) is 7.62. The van der Waals surface area contributed by atoms with Gasteiger partial charge in [-0.15, -0.1) is 0 Å². The molecule has 1 atom stereocenters. The maximum Gasteiger partial charge on any atom is 0.167 e. The molecule has 1 aliphatic heterocycles. The number of ketones is 1. The van der Waals surface area contributed by atoms with Crippen LogP contribution in [0.1, 0.15) is 28.8 Å². The Labute approximate surface area is 153 Å². The number of Topliss-reactive ketones (excluding diaryl/α,β-unsaturated/α-hetero) is 1. The topological polar surface area (TPSA) is 77.7 Å². The second-order valence-electron chi connectivity index (χ2n) is 6.56. The average molecular weight is 355 g/mol. The molecule has 0 saturated carbocycles. The van der Waals surface area contributed by atoms with Crippen molar-refractivity contribution in [2.24, 2.45) is 5.92 Å². The maximum absolute atomic E-state index is 13.0. The summed E-state index contributed by atoms with van der Waals surface area (Å²) in [6, 6.07) is 9.23. The number of hydrogen-bond acceptors (Lipinski definition) is 6. The summed E-state index contributed by atoms with van der Waals surface area (Å²) >= 11 is 0. The second kappa shape index (κ2) is 8.19. The molecule has 1 fully saturated rings. The van der Waals surface area contributed by atoms with E-state index in [1.54, 1.807) is 32.5 Å². The van der Waals surface area contributed by atoms with Crippen molar-refractivity contribution in [3.05, 3.63) is 47.7 Å². The molecule has 2 N–H and O–H groups in total. The fraction of sp³-hybridized carbons (Fsp3) is 0.400. The molecule has 1 saturated heterocycles. The number of anilines is 1. The number of rotatable bonds is 6. The van der Waals surface area contributed by atoms with Gasteiger partial charge in [-0.05, 0) is 43.7 Å². The molecule has 0 radical (unpaired) electrons. The number of likely N-dealkylation sites (tertiary alicyclic amines) is 1. The molecule has 0 bridgehead atoms. The lowest BCUT2D eigenvalue weighted by Crippen LogP contribution is -2.38. The van der Waals surface area contributed by atoms with Gasteiger partial charge in [0.1, 0.15) is 5.82 Å². The van der Waals surface area contributed by atoms with Crippen LogP contribution >= 0.6 is 0 Å². The van der Waals surface area contributed by atoms with E-state index in [0.29, 0.717) is 22.9 Å². The Balaban J connectivity index is 1.71. The van der Waals surface area contributed by atoms with Gasteiger partial charge in [0, 0.05) is 36.3 Å². The van der Waals surface area contributed by atoms with Gasteiger partial charge in [-0.2, -0.15) is 0 Å². The minimum Gasteiger partial charge on any atom is -0.493 e. The van der Waals surface area contributed by atoms with E-state index in [1.165, 1.54) is 0 Å². The van der Waals surface area contributed by atoms with Crippen LogP contribution in [0.5, 0.6) is 11.5 Å². The third-order valence-electron chi connectivity index (χ3n) is 4.86. The third kappa shape index (κ3) is 3.96. The van der Waals surface area contributed by atoms with Gasteiger partial charge in [-0.25, -0.2) is 4.98 Å². The number of benzene rings is 1. The highest BCUT2D eigenvalue weighted by Gasteiger charge is 2.27. The number of aromatic nitrogens is 1. The molecule has 0 amide bonds. The number of nitrogen functional groups attached to an aromatic ring is 1. The Morgan fingerprint density at radius 1 is 1.27 bits per heavy atom. The zero-order chi connectivity index (χ0) is 18.5. The van der Waals surface area contributed by atoms with Crippen LogP contribution in [0.3, 0.4) is 0 Å². The summed E-state index contributed by atoms with van der Waals surface area (Å²) in [6.07, 6.45) is 3.58. The molecule has 1 aromatic carbocycles. The largest absolute Gasteiger partial charge is 0.493 e. The Bertz CT molecular complexity index is 779. The van der Waals surface area contributed by atoms with Crippen molar-refractivity contribution in [3.8, 4) is 11.5 Å². The van der Waals surface area contributed by atoms with E-state index in [0.717, 1.165) is 38.0 Å². The zero-order valence-corrected chi connectivity index (χ0v) is 15.3. The van der Waals surface area contributed by atoms with Gasteiger partial charge in [0.15, 0.2) is 17.3 Å². The van der Waals surface area contributed by atoms with Crippen LogP contribution in [0.2, 0.25) is 0 Å². The SMILES string of the molecule is COc1ccc(C(=O)[C@H]2CCCN(Cc3cccnc3N)C2)cc1OC. The van der Waals surface area contributed by atoms with Crippen molar-refractivity contribution in [1.82, 2.24) is 9.88 Å². The second-order valence-corrected chi connectivity index (χ2v) is 6.56. The van der Waals surface area contributed by atoms with Crippen molar-refractivity contribution in [3.63, 3.8) is 0 Å². The normalized spacial score (nSPS) is 17.7. The highest BCUT2D eigenvalue weighted by molar-refractivity contribution is 5.98. The van der Waals surface area contributed by atoms with Crippen molar-refractivity contribution in [1.29, 1.82) is 0 Å². The van der Waals surface area contributed by atoms with Crippen LogP contribution in [-0.4, -0.2) is 43.0 Å². The summed E-state index contributed by atoms with van der Waals surface area (Å²) in [4.78, 5) is 19.4. The fourth-order valence-corrected chi connectivity index (χ4v) is 3.46. The van der Waals surface area contributed by atoms with Crippen LogP contribution in [0, 0.1) is 5.92 Å². The first kappa shape index (κ1) is 18.2. The highest BCUT2D eigenvalue weighted by Crippen LogP contribution is 2.30. The first-order valence-corrected chi connectivity index (χ1v) is 8.80. The van der Waals surface area contributed by atoms with E-state index in [1.807, 2.05) is 18.2 Å². The molecule has 0 unspecified atom stereocenters. The number of nitrogens with two attached hydrogens (primary N) is 1. The molecule has 26 heavy (non-hydrogen) atoms. The lowest BCUT2D eigenvalue weighted by atomic mass is 9.89. The molecule has 1 aromatic heterocycles. The Morgan fingerprint density at radius 2 is 2.08 bits per heavy atom. The Kier molecular flexibility index (Phi) is 5.73. The lowest BCUT2D eigenvalue weighted by Gasteiger charge is -2.32. The van der Waals surface area contributed by atoms with Crippen LogP contribution in [-0.2, 0) is 6.54 Å². The molecule has 6 nitrogen and oxygen atoms in total. The lowest BCUT2D eigenvalue weighted by molar-refractivity contribution is 0.0811. The quantitative estimate of drug-likeness (QED) is 0.803. The van der Waals surface area contributed by atoms with E-state index >= 15 is 0 Å². The summed E-state index contributed by atoms with van der Waals surface area (Å²) in [6.45, 7) is 2.40. The molecular formula is C20H25N3O3. The molecule has 2 heterocycles. The van der Waals surface area contributed by atoms with Gasteiger partial charge in [0.05, 0.1) is 14.2 Å². The number of pyridine rings is 1. The third-order valence-corrected chi connectivity index (χ3v) is 4.86. The number of nitrogens with zero attached hydrogens (tertiary/aromatic N) is 2. The monoisotopic (exact) mass is 355 g/mol. The van der Waals surface area contributed by atoms with E-state index in [-0.39, 0.29) is 11.7 Å². The smallest absolute Gasteiger partial charge is 0.167 e. The number of methoxy groups -OCH3 is 2. The van der Waals surface area contributed by atoms with E-state index in [4.69, 9.17) is 15.2 Å². The maximum atomic E-state index is 13.0. The van der Waals surface area contributed by atoms with Gasteiger partial charge in [0.2, 0.25) is 0 Å². The van der Waals surface area contributed by atoms with Crippen molar-refractivity contribution in [2.45, 2.75) is 19.4 Å². The molecule has 6 heteroatoms. The highest BCUT2D eigenvalue weighted by atomic mass is 16.5. The first-order chi connectivity index (χ1) is 12.6. The molecule has 0 spiro atoms. The molecule has 2 aromatic rings.